The van der Waals surface area contributed by atoms with Gasteiger partial charge in [-0.15, -0.1) is 0 Å². The fourth-order valence-corrected chi connectivity index (χ4v) is 2.21. The van der Waals surface area contributed by atoms with Crippen molar-refractivity contribution in [1.29, 1.82) is 5.26 Å². The monoisotopic (exact) mass is 237 g/mol. The van der Waals surface area contributed by atoms with Gasteiger partial charge in [-0.05, 0) is 22.4 Å². The molecule has 0 fully saturated rings. The zero-order valence-corrected chi connectivity index (χ0v) is 10.2. The van der Waals surface area contributed by atoms with E-state index in [1.165, 1.54) is 17.7 Å². The molecule has 90 valence electrons. The Kier molecular flexibility index (Phi) is 3.31. The molecule has 4 N–H and O–H groups in total. The molecule has 3 nitrogen and oxygen atoms in total. The number of nitrogen functional groups attached to an aromatic ring is 1. The number of nitrogens with zero attached hydrogens (tertiary/aromatic N) is 1. The Morgan fingerprint density at radius 1 is 1.22 bits per heavy atom. The van der Waals surface area contributed by atoms with Crippen LogP contribution < -0.4 is 11.5 Å². The molecule has 0 bridgehead atoms. The predicted octanol–water partition coefficient (Wildman–Crippen LogP) is 2.98. The first-order valence-corrected chi connectivity index (χ1v) is 5.74. The summed E-state index contributed by atoms with van der Waals surface area (Å²) in [6.45, 7) is 1.43. The first-order chi connectivity index (χ1) is 8.69. The molecule has 1 atom stereocenters. The molecule has 1 aliphatic carbocycles. The normalized spacial score (nSPS) is 15.7. The summed E-state index contributed by atoms with van der Waals surface area (Å²) in [6, 6.07) is 11.9. The van der Waals surface area contributed by atoms with Crippen molar-refractivity contribution in [2.45, 2.75) is 13.0 Å². The molecule has 0 saturated carbocycles. The lowest BCUT2D eigenvalue weighted by Crippen LogP contribution is -2.11. The van der Waals surface area contributed by atoms with Gasteiger partial charge in [0.05, 0.1) is 6.07 Å². The van der Waals surface area contributed by atoms with Crippen LogP contribution >= 0.6 is 0 Å². The highest BCUT2D eigenvalue weighted by atomic mass is 14.6. The van der Waals surface area contributed by atoms with E-state index in [1.54, 1.807) is 6.07 Å². The standard InChI is InChI=1S/C13H12N2.C2H3N/c14-11-6-4-8-2-1-3-9-12(15)7-5-10(11)13(8)9;1-2-3/h1-7,12H,14-15H2;1H3. The third kappa shape index (κ3) is 1.94. The summed E-state index contributed by atoms with van der Waals surface area (Å²) in [4.78, 5) is 0. The lowest BCUT2D eigenvalue weighted by molar-refractivity contribution is 0.922. The average Bonchev–Trinajstić information content (AvgIpc) is 2.37. The van der Waals surface area contributed by atoms with Crippen LogP contribution in [-0.2, 0) is 0 Å². The minimum Gasteiger partial charge on any atom is -0.398 e. The summed E-state index contributed by atoms with van der Waals surface area (Å²) in [6.07, 6.45) is 4.02. The van der Waals surface area contributed by atoms with E-state index in [4.69, 9.17) is 16.7 Å². The Balaban J connectivity index is 0.000000367. The van der Waals surface area contributed by atoms with Gasteiger partial charge in [-0.25, -0.2) is 0 Å². The molecule has 18 heavy (non-hydrogen) atoms. The molecule has 1 unspecified atom stereocenters. The summed E-state index contributed by atoms with van der Waals surface area (Å²) in [5.41, 5.74) is 15.1. The number of benzene rings is 2. The lowest BCUT2D eigenvalue weighted by atomic mass is 9.90. The molecule has 1 aliphatic rings. The van der Waals surface area contributed by atoms with Crippen LogP contribution in [0.15, 0.2) is 36.4 Å². The van der Waals surface area contributed by atoms with Gasteiger partial charge in [-0.2, -0.15) is 5.26 Å². The van der Waals surface area contributed by atoms with Crippen molar-refractivity contribution in [1.82, 2.24) is 0 Å². The Bertz CT molecular complexity index is 651. The molecule has 0 amide bonds. The fraction of sp³-hybridized carbons (Fsp3) is 0.133. The van der Waals surface area contributed by atoms with Gasteiger partial charge in [0.2, 0.25) is 0 Å². The van der Waals surface area contributed by atoms with Crippen LogP contribution in [0, 0.1) is 11.3 Å². The van der Waals surface area contributed by atoms with E-state index in [0.29, 0.717) is 0 Å². The minimum absolute atomic E-state index is 0.0111. The molecule has 2 aromatic carbocycles. The van der Waals surface area contributed by atoms with E-state index >= 15 is 0 Å². The second-order valence-electron chi connectivity index (χ2n) is 4.12. The van der Waals surface area contributed by atoms with Crippen LogP contribution in [0.5, 0.6) is 0 Å². The molecule has 0 aliphatic heterocycles. The van der Waals surface area contributed by atoms with E-state index in [2.05, 4.69) is 12.1 Å². The second kappa shape index (κ2) is 4.91. The molecule has 2 aromatic rings. The third-order valence-electron chi connectivity index (χ3n) is 2.98. The van der Waals surface area contributed by atoms with Crippen molar-refractivity contribution in [2.75, 3.05) is 5.73 Å². The molecule has 0 radical (unpaired) electrons. The Labute approximate surface area is 106 Å². The minimum atomic E-state index is -0.0111. The van der Waals surface area contributed by atoms with Gasteiger partial charge in [-0.1, -0.05) is 36.4 Å². The first kappa shape index (κ1) is 12.2. The number of hydrogen-bond donors (Lipinski definition) is 2. The van der Waals surface area contributed by atoms with E-state index < -0.39 is 0 Å². The van der Waals surface area contributed by atoms with Crippen molar-refractivity contribution in [3.63, 3.8) is 0 Å². The molecular weight excluding hydrogens is 222 g/mol. The van der Waals surface area contributed by atoms with Gasteiger partial charge >= 0.3 is 0 Å². The van der Waals surface area contributed by atoms with Crippen molar-refractivity contribution in [2.24, 2.45) is 5.73 Å². The molecule has 3 rings (SSSR count). The maximum absolute atomic E-state index is 7.32. The SMILES string of the molecule is CC#N.Nc1ccc2cccc3c2c1C=CC3N. The van der Waals surface area contributed by atoms with E-state index in [1.807, 2.05) is 30.4 Å². The molecule has 0 spiro atoms. The van der Waals surface area contributed by atoms with Crippen LogP contribution in [-0.4, -0.2) is 0 Å². The molecule has 0 aromatic heterocycles. The molecule has 0 saturated heterocycles. The van der Waals surface area contributed by atoms with Gasteiger partial charge in [0.25, 0.3) is 0 Å². The van der Waals surface area contributed by atoms with E-state index in [9.17, 15) is 0 Å². The zero-order valence-electron chi connectivity index (χ0n) is 10.2. The Hall–Kier alpha value is -2.31. The summed E-state index contributed by atoms with van der Waals surface area (Å²) < 4.78 is 0. The first-order valence-electron chi connectivity index (χ1n) is 5.74. The summed E-state index contributed by atoms with van der Waals surface area (Å²) in [7, 11) is 0. The van der Waals surface area contributed by atoms with Gasteiger partial charge in [-0.3, -0.25) is 0 Å². The van der Waals surface area contributed by atoms with Crippen LogP contribution in [0.4, 0.5) is 5.69 Å². The molecular formula is C15H15N3. The quantitative estimate of drug-likeness (QED) is 0.691. The van der Waals surface area contributed by atoms with Crippen LogP contribution in [0.2, 0.25) is 0 Å². The Morgan fingerprint density at radius 2 is 1.94 bits per heavy atom. The van der Waals surface area contributed by atoms with E-state index in [-0.39, 0.29) is 6.04 Å². The number of nitriles is 1. The number of hydrogen-bond acceptors (Lipinski definition) is 3. The average molecular weight is 237 g/mol. The maximum Gasteiger partial charge on any atom is 0.0587 e. The number of anilines is 1. The van der Waals surface area contributed by atoms with Crippen molar-refractivity contribution in [3.05, 3.63) is 47.5 Å². The number of nitrogens with two attached hydrogens (primary N) is 2. The highest BCUT2D eigenvalue weighted by molar-refractivity contribution is 5.99. The fourth-order valence-electron chi connectivity index (χ4n) is 2.21. The topological polar surface area (TPSA) is 75.8 Å². The highest BCUT2D eigenvalue weighted by Crippen LogP contribution is 2.35. The predicted molar refractivity (Wildman–Crippen MR) is 75.6 cm³/mol. The third-order valence-corrected chi connectivity index (χ3v) is 2.98. The Morgan fingerprint density at radius 3 is 2.67 bits per heavy atom. The summed E-state index contributed by atoms with van der Waals surface area (Å²) in [5, 5.41) is 9.73. The summed E-state index contributed by atoms with van der Waals surface area (Å²) >= 11 is 0. The van der Waals surface area contributed by atoms with Gasteiger partial charge in [0.1, 0.15) is 0 Å². The van der Waals surface area contributed by atoms with E-state index in [0.717, 1.165) is 16.8 Å². The van der Waals surface area contributed by atoms with Crippen LogP contribution in [0.3, 0.4) is 0 Å². The van der Waals surface area contributed by atoms with Crippen LogP contribution in [0.1, 0.15) is 24.1 Å². The van der Waals surface area contributed by atoms with Crippen molar-refractivity contribution < 1.29 is 0 Å². The highest BCUT2D eigenvalue weighted by Gasteiger charge is 2.15. The van der Waals surface area contributed by atoms with Gasteiger partial charge in [0.15, 0.2) is 0 Å². The van der Waals surface area contributed by atoms with Crippen molar-refractivity contribution >= 4 is 22.5 Å². The largest absolute Gasteiger partial charge is 0.398 e. The summed E-state index contributed by atoms with van der Waals surface area (Å²) in [5.74, 6) is 0. The van der Waals surface area contributed by atoms with Gasteiger partial charge < -0.3 is 11.5 Å². The maximum atomic E-state index is 7.32. The van der Waals surface area contributed by atoms with Crippen LogP contribution in [0.25, 0.3) is 16.8 Å². The zero-order chi connectivity index (χ0) is 13.1. The van der Waals surface area contributed by atoms with Crippen molar-refractivity contribution in [3.8, 4) is 6.07 Å². The van der Waals surface area contributed by atoms with Gasteiger partial charge in [0, 0.05) is 24.2 Å². The molecule has 3 heteroatoms. The smallest absolute Gasteiger partial charge is 0.0587 e. The second-order valence-corrected chi connectivity index (χ2v) is 4.12. The molecule has 0 heterocycles. The number of rotatable bonds is 0. The lowest BCUT2D eigenvalue weighted by Gasteiger charge is -2.19.